The third-order valence-electron chi connectivity index (χ3n) is 6.58. The van der Waals surface area contributed by atoms with Gasteiger partial charge in [0.1, 0.15) is 29.2 Å². The smallest absolute Gasteiger partial charge is 0.310 e. The summed E-state index contributed by atoms with van der Waals surface area (Å²) in [6, 6.07) is 6.11. The highest BCUT2D eigenvalue weighted by Gasteiger charge is 2.42. The average molecular weight is 493 g/mol. The van der Waals surface area contributed by atoms with Crippen LogP contribution in [0.25, 0.3) is 11.0 Å². The Morgan fingerprint density at radius 3 is 2.65 bits per heavy atom. The summed E-state index contributed by atoms with van der Waals surface area (Å²) in [5.74, 6) is -2.08. The maximum absolute atomic E-state index is 15.9. The Kier molecular flexibility index (Phi) is 5.42. The van der Waals surface area contributed by atoms with Crippen LogP contribution in [0.1, 0.15) is 29.5 Å². The van der Waals surface area contributed by atoms with Crippen LogP contribution >= 0.6 is 0 Å². The van der Waals surface area contributed by atoms with Crippen molar-refractivity contribution in [1.29, 1.82) is 0 Å². The fraction of sp³-hybridized carbons (Fsp3) is 0.435. The van der Waals surface area contributed by atoms with Crippen molar-refractivity contribution in [3.05, 3.63) is 57.6 Å². The number of aromatic nitrogens is 3. The molecule has 1 saturated heterocycles. The van der Waals surface area contributed by atoms with Crippen molar-refractivity contribution in [1.82, 2.24) is 14.5 Å². The van der Waals surface area contributed by atoms with E-state index in [0.29, 0.717) is 22.4 Å². The van der Waals surface area contributed by atoms with Crippen molar-refractivity contribution in [2.24, 2.45) is 7.05 Å². The van der Waals surface area contributed by atoms with E-state index in [1.54, 1.807) is 24.1 Å². The summed E-state index contributed by atoms with van der Waals surface area (Å²) in [6.07, 6.45) is 1.31. The molecule has 1 aromatic carbocycles. The second-order valence-electron chi connectivity index (χ2n) is 8.81. The van der Waals surface area contributed by atoms with Crippen LogP contribution in [0.3, 0.4) is 0 Å². The SMILES string of the molecule is CN(Cc1cccc2c1OCC2(F)F)c1ncnc2c1cc(C1(F)CCS(=O)CC1)c(=O)n2C. The molecule has 0 spiro atoms. The average Bonchev–Trinajstić information content (AvgIpc) is 3.13. The lowest BCUT2D eigenvalue weighted by Gasteiger charge is -2.29. The van der Waals surface area contributed by atoms with Gasteiger partial charge in [0, 0.05) is 48.5 Å². The summed E-state index contributed by atoms with van der Waals surface area (Å²) in [5.41, 5.74) is -1.65. The van der Waals surface area contributed by atoms with E-state index in [4.69, 9.17) is 4.74 Å². The van der Waals surface area contributed by atoms with Crippen molar-refractivity contribution >= 4 is 27.7 Å². The summed E-state index contributed by atoms with van der Waals surface area (Å²) < 4.78 is 62.4. The molecule has 0 bridgehead atoms. The van der Waals surface area contributed by atoms with E-state index in [1.165, 1.54) is 30.1 Å². The summed E-state index contributed by atoms with van der Waals surface area (Å²) in [5, 5.41) is 0.463. The third kappa shape index (κ3) is 3.66. The van der Waals surface area contributed by atoms with Gasteiger partial charge in [0.05, 0.1) is 16.5 Å². The molecule has 2 aromatic heterocycles. The first kappa shape index (κ1) is 22.8. The van der Waals surface area contributed by atoms with Gasteiger partial charge in [-0.25, -0.2) is 14.4 Å². The van der Waals surface area contributed by atoms with Gasteiger partial charge in [0.15, 0.2) is 6.61 Å². The summed E-state index contributed by atoms with van der Waals surface area (Å²) in [4.78, 5) is 23.3. The van der Waals surface area contributed by atoms with E-state index in [9.17, 15) is 17.8 Å². The number of ether oxygens (including phenoxy) is 1. The molecule has 2 aliphatic heterocycles. The van der Waals surface area contributed by atoms with Crippen LogP contribution in [0.15, 0.2) is 35.4 Å². The number of hydrogen-bond acceptors (Lipinski definition) is 6. The van der Waals surface area contributed by atoms with Crippen molar-refractivity contribution < 1.29 is 22.1 Å². The van der Waals surface area contributed by atoms with E-state index in [0.717, 1.165) is 0 Å². The largest absolute Gasteiger partial charge is 0.486 e. The van der Waals surface area contributed by atoms with Crippen LogP contribution < -0.4 is 15.2 Å². The predicted octanol–water partition coefficient (Wildman–Crippen LogP) is 3.16. The van der Waals surface area contributed by atoms with Crippen LogP contribution in [0.2, 0.25) is 0 Å². The van der Waals surface area contributed by atoms with E-state index in [-0.39, 0.29) is 47.8 Å². The van der Waals surface area contributed by atoms with Crippen molar-refractivity contribution in [2.75, 3.05) is 30.1 Å². The van der Waals surface area contributed by atoms with E-state index >= 15 is 4.39 Å². The number of nitrogens with zero attached hydrogens (tertiary/aromatic N) is 4. The maximum Gasteiger partial charge on any atom is 0.310 e. The van der Waals surface area contributed by atoms with Gasteiger partial charge in [-0.3, -0.25) is 13.6 Å². The van der Waals surface area contributed by atoms with Crippen LogP contribution in [-0.2, 0) is 36.0 Å². The first-order chi connectivity index (χ1) is 16.1. The molecule has 3 aromatic rings. The standard InChI is InChI=1S/C23H23F3N4O3S/c1-29(11-14-4-3-5-16-18(14)33-12-23(16,25)26)19-15-10-17(22(24)6-8-34(32)9-7-22)21(31)30(2)20(15)28-13-27-19/h3-5,10,13H,6-9,11-12H2,1-2H3. The molecule has 1 fully saturated rings. The molecule has 0 amide bonds. The fourth-order valence-corrected chi connectivity index (χ4v) is 5.97. The second-order valence-corrected chi connectivity index (χ2v) is 10.5. The normalized spacial score (nSPS) is 23.5. The maximum atomic E-state index is 15.9. The molecule has 180 valence electrons. The lowest BCUT2D eigenvalue weighted by Crippen LogP contribution is -2.37. The van der Waals surface area contributed by atoms with Crippen LogP contribution in [0, 0.1) is 0 Å². The number of halogens is 3. The van der Waals surface area contributed by atoms with Gasteiger partial charge in [-0.15, -0.1) is 0 Å². The van der Waals surface area contributed by atoms with Gasteiger partial charge in [0.25, 0.3) is 5.56 Å². The molecule has 2 aliphatic rings. The molecule has 7 nitrogen and oxygen atoms in total. The molecule has 4 heterocycles. The molecule has 5 rings (SSSR count). The Morgan fingerprint density at radius 1 is 1.18 bits per heavy atom. The lowest BCUT2D eigenvalue weighted by molar-refractivity contribution is -0.0214. The molecule has 0 N–H and O–H groups in total. The van der Waals surface area contributed by atoms with Gasteiger partial charge in [-0.1, -0.05) is 12.1 Å². The van der Waals surface area contributed by atoms with Gasteiger partial charge in [-0.05, 0) is 25.0 Å². The molecular formula is C23H23F3N4O3S. The van der Waals surface area contributed by atoms with E-state index < -0.39 is 34.6 Å². The van der Waals surface area contributed by atoms with Gasteiger partial charge >= 0.3 is 5.92 Å². The number of hydrogen-bond donors (Lipinski definition) is 0. The Hall–Kier alpha value is -2.95. The zero-order valence-electron chi connectivity index (χ0n) is 18.7. The predicted molar refractivity (Wildman–Crippen MR) is 123 cm³/mol. The van der Waals surface area contributed by atoms with Crippen LogP contribution in [-0.4, -0.2) is 43.9 Å². The fourth-order valence-electron chi connectivity index (χ4n) is 4.67. The van der Waals surface area contributed by atoms with E-state index in [2.05, 4.69) is 9.97 Å². The number of alkyl halides is 3. The Bertz CT molecular complexity index is 1370. The molecule has 0 atom stereocenters. The number of fused-ring (bicyclic) bond motifs is 2. The number of rotatable bonds is 4. The Balaban J connectivity index is 1.57. The summed E-state index contributed by atoms with van der Waals surface area (Å²) >= 11 is 0. The zero-order chi connectivity index (χ0) is 24.3. The minimum absolute atomic E-state index is 0.000916. The molecule has 0 aliphatic carbocycles. The van der Waals surface area contributed by atoms with E-state index in [1.807, 2.05) is 0 Å². The molecule has 11 heteroatoms. The van der Waals surface area contributed by atoms with Crippen molar-refractivity contribution in [2.45, 2.75) is 31.0 Å². The molecular weight excluding hydrogens is 469 g/mol. The molecule has 0 radical (unpaired) electrons. The summed E-state index contributed by atoms with van der Waals surface area (Å²) in [6.45, 7) is -0.502. The molecule has 34 heavy (non-hydrogen) atoms. The highest BCUT2D eigenvalue weighted by atomic mass is 32.2. The highest BCUT2D eigenvalue weighted by molar-refractivity contribution is 7.85. The zero-order valence-corrected chi connectivity index (χ0v) is 19.5. The topological polar surface area (TPSA) is 77.3 Å². The summed E-state index contributed by atoms with van der Waals surface area (Å²) in [7, 11) is 2.17. The Labute approximate surface area is 196 Å². The highest BCUT2D eigenvalue weighted by Crippen LogP contribution is 2.43. The van der Waals surface area contributed by atoms with Crippen LogP contribution in [0.5, 0.6) is 5.75 Å². The number of anilines is 1. The van der Waals surface area contributed by atoms with Crippen molar-refractivity contribution in [3.8, 4) is 5.75 Å². The minimum atomic E-state index is -3.04. The first-order valence-electron chi connectivity index (χ1n) is 10.8. The second kappa shape index (κ2) is 8.07. The first-order valence-corrected chi connectivity index (χ1v) is 12.3. The lowest BCUT2D eigenvalue weighted by atomic mass is 9.90. The Morgan fingerprint density at radius 2 is 1.91 bits per heavy atom. The van der Waals surface area contributed by atoms with Gasteiger partial charge < -0.3 is 9.64 Å². The molecule has 0 saturated carbocycles. The van der Waals surface area contributed by atoms with Gasteiger partial charge in [0.2, 0.25) is 0 Å². The number of benzene rings is 1. The van der Waals surface area contributed by atoms with Crippen molar-refractivity contribution in [3.63, 3.8) is 0 Å². The number of aryl methyl sites for hydroxylation is 1. The quantitative estimate of drug-likeness (QED) is 0.557. The third-order valence-corrected chi connectivity index (χ3v) is 7.89. The number of pyridine rings is 1. The van der Waals surface area contributed by atoms with Gasteiger partial charge in [-0.2, -0.15) is 8.78 Å². The minimum Gasteiger partial charge on any atom is -0.486 e. The molecule has 0 unspecified atom stereocenters. The monoisotopic (exact) mass is 492 g/mol. The number of para-hydroxylation sites is 1. The van der Waals surface area contributed by atoms with Crippen LogP contribution in [0.4, 0.5) is 19.0 Å².